The van der Waals surface area contributed by atoms with E-state index in [1.165, 1.54) is 18.2 Å². The molecule has 1 atom stereocenters. The first-order valence-corrected chi connectivity index (χ1v) is 8.66. The van der Waals surface area contributed by atoms with Crippen molar-refractivity contribution in [1.29, 1.82) is 0 Å². The zero-order valence-corrected chi connectivity index (χ0v) is 14.8. The van der Waals surface area contributed by atoms with Gasteiger partial charge in [0.25, 0.3) is 5.91 Å². The lowest BCUT2D eigenvalue weighted by Gasteiger charge is -2.27. The van der Waals surface area contributed by atoms with E-state index in [-0.39, 0.29) is 17.4 Å². The molecule has 1 N–H and O–H groups in total. The molecule has 128 valence electrons. The molecule has 0 aliphatic heterocycles. The summed E-state index contributed by atoms with van der Waals surface area (Å²) in [5, 5.41) is 6.60. The summed E-state index contributed by atoms with van der Waals surface area (Å²) >= 11 is 1.57. The molecule has 0 saturated heterocycles. The second-order valence-electron chi connectivity index (χ2n) is 6.00. The van der Waals surface area contributed by atoms with Crippen molar-refractivity contribution in [2.75, 3.05) is 7.05 Å². The summed E-state index contributed by atoms with van der Waals surface area (Å²) in [6, 6.07) is 6.99. The number of nitrogens with one attached hydrogen (secondary N) is 1. The third-order valence-electron chi connectivity index (χ3n) is 3.71. The van der Waals surface area contributed by atoms with Crippen LogP contribution in [0.2, 0.25) is 0 Å². The van der Waals surface area contributed by atoms with Crippen LogP contribution in [0.25, 0.3) is 0 Å². The van der Waals surface area contributed by atoms with E-state index in [1.807, 2.05) is 30.7 Å². The SMILES string of the molecule is CC(C)[C@@H](NC(=O)c1ccccc1F)C(=O)N(C)Cc1ccsc1. The van der Waals surface area contributed by atoms with Crippen molar-refractivity contribution in [3.63, 3.8) is 0 Å². The number of thiophene rings is 1. The van der Waals surface area contributed by atoms with Crippen LogP contribution in [0.1, 0.15) is 29.8 Å². The van der Waals surface area contributed by atoms with Gasteiger partial charge in [0.05, 0.1) is 5.56 Å². The van der Waals surface area contributed by atoms with Crippen molar-refractivity contribution in [2.24, 2.45) is 5.92 Å². The first-order chi connectivity index (χ1) is 11.4. The number of benzene rings is 1. The van der Waals surface area contributed by atoms with Gasteiger partial charge >= 0.3 is 0 Å². The largest absolute Gasteiger partial charge is 0.340 e. The van der Waals surface area contributed by atoms with E-state index in [2.05, 4.69) is 5.32 Å². The van der Waals surface area contributed by atoms with E-state index in [0.717, 1.165) is 5.56 Å². The molecule has 0 spiro atoms. The third-order valence-corrected chi connectivity index (χ3v) is 4.45. The highest BCUT2D eigenvalue weighted by Crippen LogP contribution is 2.13. The van der Waals surface area contributed by atoms with E-state index in [4.69, 9.17) is 0 Å². The quantitative estimate of drug-likeness (QED) is 0.871. The van der Waals surface area contributed by atoms with Crippen molar-refractivity contribution in [3.05, 3.63) is 58.0 Å². The fraction of sp³-hybridized carbons (Fsp3) is 0.333. The molecule has 1 heterocycles. The molecule has 0 radical (unpaired) electrons. The molecule has 0 fully saturated rings. The molecular formula is C18H21FN2O2S. The Morgan fingerprint density at radius 1 is 1.25 bits per heavy atom. The normalized spacial score (nSPS) is 12.0. The molecule has 0 aliphatic rings. The van der Waals surface area contributed by atoms with Gasteiger partial charge in [-0.05, 0) is 40.4 Å². The molecule has 0 unspecified atom stereocenters. The maximum Gasteiger partial charge on any atom is 0.254 e. The van der Waals surface area contributed by atoms with E-state index >= 15 is 0 Å². The second-order valence-corrected chi connectivity index (χ2v) is 6.78. The lowest BCUT2D eigenvalue weighted by Crippen LogP contribution is -2.50. The number of halogens is 1. The van der Waals surface area contributed by atoms with Gasteiger partial charge in [-0.25, -0.2) is 4.39 Å². The average molecular weight is 348 g/mol. The van der Waals surface area contributed by atoms with Gasteiger partial charge < -0.3 is 10.2 Å². The highest BCUT2D eigenvalue weighted by atomic mass is 32.1. The molecule has 1 aromatic heterocycles. The average Bonchev–Trinajstić information content (AvgIpc) is 3.04. The van der Waals surface area contributed by atoms with Crippen molar-refractivity contribution in [3.8, 4) is 0 Å². The van der Waals surface area contributed by atoms with Crippen LogP contribution in [-0.4, -0.2) is 29.8 Å². The molecule has 2 aromatic rings. The highest BCUT2D eigenvalue weighted by molar-refractivity contribution is 7.07. The van der Waals surface area contributed by atoms with E-state index < -0.39 is 17.8 Å². The fourth-order valence-corrected chi connectivity index (χ4v) is 3.01. The van der Waals surface area contributed by atoms with E-state index in [1.54, 1.807) is 29.4 Å². The summed E-state index contributed by atoms with van der Waals surface area (Å²) in [6.07, 6.45) is 0. The van der Waals surface area contributed by atoms with Gasteiger partial charge in [0, 0.05) is 13.6 Å². The number of carbonyl (C=O) groups is 2. The van der Waals surface area contributed by atoms with Crippen LogP contribution >= 0.6 is 11.3 Å². The lowest BCUT2D eigenvalue weighted by molar-refractivity contribution is -0.133. The Balaban J connectivity index is 2.09. The second kappa shape index (κ2) is 8.06. The van der Waals surface area contributed by atoms with Gasteiger partial charge in [0.15, 0.2) is 0 Å². The molecule has 2 rings (SSSR count). The summed E-state index contributed by atoms with van der Waals surface area (Å²) in [4.78, 5) is 26.6. The van der Waals surface area contributed by atoms with Gasteiger partial charge in [-0.3, -0.25) is 9.59 Å². The number of amides is 2. The summed E-state index contributed by atoms with van der Waals surface area (Å²) in [5.41, 5.74) is 0.982. The number of rotatable bonds is 6. The molecule has 6 heteroatoms. The predicted octanol–water partition coefficient (Wildman–Crippen LogP) is 3.30. The van der Waals surface area contributed by atoms with Crippen LogP contribution in [0, 0.1) is 11.7 Å². The molecule has 0 bridgehead atoms. The van der Waals surface area contributed by atoms with Crippen LogP contribution in [0.5, 0.6) is 0 Å². The zero-order valence-electron chi connectivity index (χ0n) is 14.0. The number of hydrogen-bond donors (Lipinski definition) is 1. The maximum atomic E-state index is 13.7. The third kappa shape index (κ3) is 4.41. The van der Waals surface area contributed by atoms with E-state index in [9.17, 15) is 14.0 Å². The Hall–Kier alpha value is -2.21. The van der Waals surface area contributed by atoms with E-state index in [0.29, 0.717) is 6.54 Å². The highest BCUT2D eigenvalue weighted by Gasteiger charge is 2.28. The minimum absolute atomic E-state index is 0.0589. The lowest BCUT2D eigenvalue weighted by atomic mass is 10.0. The van der Waals surface area contributed by atoms with Crippen molar-refractivity contribution in [2.45, 2.75) is 26.4 Å². The summed E-state index contributed by atoms with van der Waals surface area (Å²) in [7, 11) is 1.70. The monoisotopic (exact) mass is 348 g/mol. The molecule has 0 aliphatic carbocycles. The van der Waals surface area contributed by atoms with Crippen LogP contribution in [-0.2, 0) is 11.3 Å². The number of carbonyl (C=O) groups excluding carboxylic acids is 2. The van der Waals surface area contributed by atoms with Crippen LogP contribution in [0.4, 0.5) is 4.39 Å². The summed E-state index contributed by atoms with van der Waals surface area (Å²) in [6.45, 7) is 4.17. The Morgan fingerprint density at radius 3 is 2.54 bits per heavy atom. The van der Waals surface area contributed by atoms with Crippen molar-refractivity contribution >= 4 is 23.2 Å². The molecule has 0 saturated carbocycles. The first-order valence-electron chi connectivity index (χ1n) is 7.71. The smallest absolute Gasteiger partial charge is 0.254 e. The van der Waals surface area contributed by atoms with Gasteiger partial charge in [-0.1, -0.05) is 26.0 Å². The predicted molar refractivity (Wildman–Crippen MR) is 93.3 cm³/mol. The molecule has 2 amide bonds. The molecule has 24 heavy (non-hydrogen) atoms. The Labute approximate surface area is 145 Å². The maximum absolute atomic E-state index is 13.7. The van der Waals surface area contributed by atoms with Crippen molar-refractivity contribution in [1.82, 2.24) is 10.2 Å². The van der Waals surface area contributed by atoms with Gasteiger partial charge in [-0.2, -0.15) is 11.3 Å². The summed E-state index contributed by atoms with van der Waals surface area (Å²) in [5.74, 6) is -1.49. The van der Waals surface area contributed by atoms with Gasteiger partial charge in [0.1, 0.15) is 11.9 Å². The Kier molecular flexibility index (Phi) is 6.09. The Bertz CT molecular complexity index is 701. The van der Waals surface area contributed by atoms with Gasteiger partial charge in [-0.15, -0.1) is 0 Å². The van der Waals surface area contributed by atoms with Crippen LogP contribution in [0.15, 0.2) is 41.1 Å². The zero-order chi connectivity index (χ0) is 17.7. The van der Waals surface area contributed by atoms with Crippen LogP contribution in [0.3, 0.4) is 0 Å². The fourth-order valence-electron chi connectivity index (χ4n) is 2.35. The standard InChI is InChI=1S/C18H21FN2O2S/c1-12(2)16(18(23)21(3)10-13-8-9-24-11-13)20-17(22)14-6-4-5-7-15(14)19/h4-9,11-12,16H,10H2,1-3H3,(H,20,22)/t16-/m1/s1. The first kappa shape index (κ1) is 18.1. The van der Waals surface area contributed by atoms with Gasteiger partial charge in [0.2, 0.25) is 5.91 Å². The van der Waals surface area contributed by atoms with Crippen molar-refractivity contribution < 1.29 is 14.0 Å². The topological polar surface area (TPSA) is 49.4 Å². The minimum atomic E-state index is -0.708. The molecule has 4 nitrogen and oxygen atoms in total. The minimum Gasteiger partial charge on any atom is -0.340 e. The number of hydrogen-bond acceptors (Lipinski definition) is 3. The Morgan fingerprint density at radius 2 is 1.96 bits per heavy atom. The molecular weight excluding hydrogens is 327 g/mol. The number of nitrogens with zero attached hydrogens (tertiary/aromatic N) is 1. The van der Waals surface area contributed by atoms with Crippen LogP contribution < -0.4 is 5.32 Å². The summed E-state index contributed by atoms with van der Waals surface area (Å²) < 4.78 is 13.7. The molecule has 1 aromatic carbocycles. The number of likely N-dealkylation sites (N-methyl/N-ethyl adjacent to an activating group) is 1.